The van der Waals surface area contributed by atoms with Gasteiger partial charge in [0.05, 0.1) is 159 Å². The molecule has 0 unspecified atom stereocenters. The van der Waals surface area contributed by atoms with Crippen LogP contribution in [0.2, 0.25) is 0 Å². The Kier molecular flexibility index (Phi) is 36.1. The first-order valence-corrected chi connectivity index (χ1v) is 36.3. The fourth-order valence-electron chi connectivity index (χ4n) is 10.9. The molecule has 107 heavy (non-hydrogen) atoms. The normalized spacial score (nSPS) is 17.0. The number of fused-ring (bicyclic) bond motifs is 4. The Balaban J connectivity index is 0.624. The summed E-state index contributed by atoms with van der Waals surface area (Å²) in [5.41, 5.74) is 4.37. The van der Waals surface area contributed by atoms with Gasteiger partial charge in [-0.2, -0.15) is 0 Å². The maximum absolute atomic E-state index is 13.2. The van der Waals surface area contributed by atoms with Crippen molar-refractivity contribution in [3.05, 3.63) is 180 Å². The number of nitrogens with one attached hydrogen (secondary N) is 2. The molecule has 2 amide bonds. The van der Waals surface area contributed by atoms with Gasteiger partial charge in [0.25, 0.3) is 0 Å². The molecular formula is C81H98N2O24. The molecule has 0 spiro atoms. The monoisotopic (exact) mass is 1480 g/mol. The minimum absolute atomic E-state index is 0.0662. The number of amides is 2. The Morgan fingerprint density at radius 3 is 0.692 bits per heavy atom. The minimum Gasteiger partial charge on any atom is -0.491 e. The highest BCUT2D eigenvalue weighted by Crippen LogP contribution is 2.34. The first-order chi connectivity index (χ1) is 52.9. The van der Waals surface area contributed by atoms with E-state index in [2.05, 4.69) is 10.6 Å². The van der Waals surface area contributed by atoms with Crippen LogP contribution in [0.25, 0.3) is 21.5 Å². The van der Waals surface area contributed by atoms with Gasteiger partial charge in [-0.3, -0.25) is 10.6 Å². The summed E-state index contributed by atoms with van der Waals surface area (Å²) in [5.74, 6) is 5.04. The van der Waals surface area contributed by atoms with E-state index in [0.717, 1.165) is 55.7 Å². The molecule has 0 radical (unpaired) electrons. The predicted molar refractivity (Wildman–Crippen MR) is 398 cm³/mol. The Labute approximate surface area is 623 Å². The van der Waals surface area contributed by atoms with E-state index in [1.165, 1.54) is 0 Å². The fourth-order valence-corrected chi connectivity index (χ4v) is 10.9. The summed E-state index contributed by atoms with van der Waals surface area (Å²) in [5, 5.41) is 9.43. The highest BCUT2D eigenvalue weighted by Gasteiger charge is 2.15. The lowest BCUT2D eigenvalue weighted by molar-refractivity contribution is 0.00477. The van der Waals surface area contributed by atoms with E-state index in [-0.39, 0.29) is 39.6 Å². The van der Waals surface area contributed by atoms with Gasteiger partial charge in [-0.15, -0.1) is 0 Å². The van der Waals surface area contributed by atoms with E-state index < -0.39 is 12.2 Å². The van der Waals surface area contributed by atoms with Crippen molar-refractivity contribution in [3.8, 4) is 46.0 Å². The van der Waals surface area contributed by atoms with E-state index in [4.69, 9.17) is 104 Å². The number of rotatable bonds is 8. The summed E-state index contributed by atoms with van der Waals surface area (Å²) in [6, 6.07) is 49.1. The van der Waals surface area contributed by atoms with Crippen LogP contribution >= 0.6 is 0 Å². The van der Waals surface area contributed by atoms with Gasteiger partial charge in [0.1, 0.15) is 112 Å². The zero-order valence-corrected chi connectivity index (χ0v) is 60.6. The van der Waals surface area contributed by atoms with E-state index >= 15 is 0 Å². The van der Waals surface area contributed by atoms with Crippen LogP contribution in [-0.2, 0) is 86.0 Å². The molecule has 2 aliphatic heterocycles. The van der Waals surface area contributed by atoms with Crippen molar-refractivity contribution in [1.82, 2.24) is 0 Å². The number of carbonyl (C=O) groups excluding carboxylic acids is 2. The van der Waals surface area contributed by atoms with Gasteiger partial charge in [-0.1, -0.05) is 72.8 Å². The van der Waals surface area contributed by atoms with Gasteiger partial charge >= 0.3 is 12.2 Å². The van der Waals surface area contributed by atoms with Crippen molar-refractivity contribution in [2.24, 2.45) is 0 Å². The summed E-state index contributed by atoms with van der Waals surface area (Å²) in [6.45, 7) is 11.5. The number of ether oxygens (including phenoxy) is 22. The Hall–Kier alpha value is -9.26. The summed E-state index contributed by atoms with van der Waals surface area (Å²) in [7, 11) is 0. The quantitative estimate of drug-likeness (QED) is 0.143. The van der Waals surface area contributed by atoms with Crippen LogP contribution in [0.1, 0.15) is 22.3 Å². The molecular weight excluding hydrogens is 1380 g/mol. The first-order valence-electron chi connectivity index (χ1n) is 36.3. The lowest BCUT2D eigenvalue weighted by atomic mass is 10.0. The van der Waals surface area contributed by atoms with E-state index in [1.807, 2.05) is 97.1 Å². The summed E-state index contributed by atoms with van der Waals surface area (Å²) >= 11 is 0. The highest BCUT2D eigenvalue weighted by molar-refractivity contribution is 5.94. The second kappa shape index (κ2) is 48.1. The molecule has 576 valence electrons. The zero-order valence-electron chi connectivity index (χ0n) is 60.6. The summed E-state index contributed by atoms with van der Waals surface area (Å²) in [4.78, 5) is 26.3. The molecule has 2 aliphatic rings. The van der Waals surface area contributed by atoms with Crippen LogP contribution in [-0.4, -0.2) is 224 Å². The lowest BCUT2D eigenvalue weighted by Gasteiger charge is -2.14. The molecule has 0 atom stereocenters. The maximum Gasteiger partial charge on any atom is 0.411 e. The van der Waals surface area contributed by atoms with Crippen molar-refractivity contribution in [3.63, 3.8) is 0 Å². The van der Waals surface area contributed by atoms with Crippen LogP contribution in [0, 0.1) is 0 Å². The van der Waals surface area contributed by atoms with Crippen molar-refractivity contribution in [1.29, 1.82) is 0 Å². The summed E-state index contributed by atoms with van der Waals surface area (Å²) < 4.78 is 129. The number of carbonyl (C=O) groups is 2. The van der Waals surface area contributed by atoms with E-state index in [9.17, 15) is 9.59 Å². The summed E-state index contributed by atoms with van der Waals surface area (Å²) in [6.07, 6.45) is -0.700. The molecule has 0 fully saturated rings. The van der Waals surface area contributed by atoms with Crippen molar-refractivity contribution in [2.75, 3.05) is 222 Å². The Morgan fingerprint density at radius 2 is 0.458 bits per heavy atom. The molecule has 8 aromatic carbocycles. The molecule has 26 nitrogen and oxygen atoms in total. The third-order valence-corrected chi connectivity index (χ3v) is 16.0. The largest absolute Gasteiger partial charge is 0.491 e. The molecule has 12 bridgehead atoms. The minimum atomic E-state index is -0.644. The van der Waals surface area contributed by atoms with E-state index in [0.29, 0.717) is 237 Å². The average Bonchev–Trinajstić information content (AvgIpc) is 0.808. The highest BCUT2D eigenvalue weighted by atomic mass is 16.6. The van der Waals surface area contributed by atoms with Crippen molar-refractivity contribution in [2.45, 2.75) is 19.6 Å². The Bertz CT molecular complexity index is 3430. The number of anilines is 2. The topological polar surface area (TPSA) is 261 Å². The van der Waals surface area contributed by atoms with Crippen molar-refractivity contribution < 1.29 is 114 Å². The van der Waals surface area contributed by atoms with Gasteiger partial charge in [0.2, 0.25) is 0 Å². The molecule has 0 saturated carbocycles. The third-order valence-electron chi connectivity index (χ3n) is 16.0. The maximum atomic E-state index is 13.2. The number of hydrogen-bond acceptors (Lipinski definition) is 24. The third kappa shape index (κ3) is 30.5. The zero-order chi connectivity index (χ0) is 73.7. The molecule has 0 aromatic heterocycles. The van der Waals surface area contributed by atoms with Gasteiger partial charge in [0.15, 0.2) is 0 Å². The van der Waals surface area contributed by atoms with Gasteiger partial charge in [-0.25, -0.2) is 9.59 Å². The molecule has 0 aliphatic carbocycles. The molecule has 26 heteroatoms. The van der Waals surface area contributed by atoms with Gasteiger partial charge < -0.3 is 104 Å². The van der Waals surface area contributed by atoms with Gasteiger partial charge in [-0.05, 0) is 101 Å². The smallest absolute Gasteiger partial charge is 0.411 e. The fraction of sp³-hybridized carbons (Fsp3) is 0.432. The second-order valence-corrected chi connectivity index (χ2v) is 23.9. The lowest BCUT2D eigenvalue weighted by Crippen LogP contribution is -2.15. The van der Waals surface area contributed by atoms with Crippen LogP contribution in [0.15, 0.2) is 158 Å². The van der Waals surface area contributed by atoms with E-state index in [1.54, 1.807) is 60.7 Å². The average molecular weight is 1480 g/mol. The standard InChI is InChI=1S/C81H98N2O24/c84-80(106-60-64-54-68-58-69(55-64)99-46-38-91-30-22-87-26-34-95-42-50-103-77-10-2-6-73-72(77)5-1-9-76(73)102-49-41-94-33-25-86-21-29-90-37-45-98-68)82-66-17-13-62(14-18-66)53-63-15-19-67(20-16-63)83-81(85)107-61-65-56-70-59-71(57-65)101-48-40-93-32-24-89-28-36-97-44-52-105-79-12-4-8-75-74(79)7-3-11-78(75)104-51-43-96-35-27-88-23-31-92-39-47-100-70/h1-20,54-59H,21-53,60-61H2,(H,82,84)(H,83,85). The molecule has 8 aromatic rings. The van der Waals surface area contributed by atoms with Crippen molar-refractivity contribution >= 4 is 45.1 Å². The molecule has 2 N–H and O–H groups in total. The predicted octanol–water partition coefficient (Wildman–Crippen LogP) is 11.7. The molecule has 2 heterocycles. The van der Waals surface area contributed by atoms with Crippen LogP contribution in [0.5, 0.6) is 46.0 Å². The van der Waals surface area contributed by atoms with Crippen LogP contribution in [0.4, 0.5) is 21.0 Å². The Morgan fingerprint density at radius 1 is 0.243 bits per heavy atom. The SMILES string of the molecule is O=C(Nc1ccc(Cc2ccc(NC(=O)OCc3cc4cc(c3)OCCOCCOCCOCCOc3cccc5c(cccc35)OCCOCCOCCOCCO4)cc2)cc1)OCc1cc2cc(c1)OCCOCCOCCOCCOc1cccc3c(cccc13)OCCOCCOCCOCCO2. The second-order valence-electron chi connectivity index (χ2n) is 23.9. The van der Waals surface area contributed by atoms with Crippen LogP contribution < -0.4 is 48.5 Å². The number of benzene rings is 8. The number of hydrogen-bond donors (Lipinski definition) is 2. The molecule has 0 saturated heterocycles. The van der Waals surface area contributed by atoms with Crippen LogP contribution in [0.3, 0.4) is 0 Å². The van der Waals surface area contributed by atoms with Gasteiger partial charge in [0, 0.05) is 45.1 Å². The first kappa shape index (κ1) is 80.3. The molecule has 10 rings (SSSR count).